The molecular weight excluding hydrogens is 245 g/mol. The number of hydrogen-bond acceptors (Lipinski definition) is 4. The molecule has 1 heterocycles. The van der Waals surface area contributed by atoms with Crippen molar-refractivity contribution < 1.29 is 13.2 Å². The summed E-state index contributed by atoms with van der Waals surface area (Å²) in [5, 5.41) is 5.81. The molecule has 1 aromatic heterocycles. The molecule has 2 N–H and O–H groups in total. The molecule has 0 aliphatic rings. The molecular formula is C11H17F3N4. The summed E-state index contributed by atoms with van der Waals surface area (Å²) >= 11 is 0. The van der Waals surface area contributed by atoms with Crippen LogP contribution in [0.1, 0.15) is 25.0 Å². The zero-order valence-corrected chi connectivity index (χ0v) is 10.4. The van der Waals surface area contributed by atoms with E-state index in [0.29, 0.717) is 24.7 Å². The van der Waals surface area contributed by atoms with Gasteiger partial charge >= 0.3 is 6.18 Å². The number of aryl methyl sites for hydroxylation is 1. The number of hydrogen-bond donors (Lipinski definition) is 2. The molecule has 0 spiro atoms. The topological polar surface area (TPSA) is 49.8 Å². The molecule has 4 nitrogen and oxygen atoms in total. The third kappa shape index (κ3) is 5.70. The van der Waals surface area contributed by atoms with Crippen LogP contribution in [-0.2, 0) is 0 Å². The molecule has 0 unspecified atom stereocenters. The Labute approximate surface area is 104 Å². The molecule has 1 aromatic rings. The van der Waals surface area contributed by atoms with Crippen molar-refractivity contribution in [3.63, 3.8) is 0 Å². The lowest BCUT2D eigenvalue weighted by molar-refractivity contribution is -0.135. The molecule has 0 bridgehead atoms. The first-order valence-corrected chi connectivity index (χ1v) is 5.75. The average Bonchev–Trinajstić information content (AvgIpc) is 2.26. The van der Waals surface area contributed by atoms with E-state index in [2.05, 4.69) is 20.6 Å². The van der Waals surface area contributed by atoms with Gasteiger partial charge in [-0.15, -0.1) is 0 Å². The zero-order chi connectivity index (χ0) is 13.6. The van der Waals surface area contributed by atoms with Gasteiger partial charge in [0.1, 0.15) is 5.82 Å². The van der Waals surface area contributed by atoms with E-state index in [1.54, 1.807) is 13.1 Å². The van der Waals surface area contributed by atoms with Gasteiger partial charge in [-0.3, -0.25) is 0 Å². The summed E-state index contributed by atoms with van der Waals surface area (Å²) < 4.78 is 35.7. The highest BCUT2D eigenvalue weighted by Crippen LogP contribution is 2.22. The molecule has 18 heavy (non-hydrogen) atoms. The molecule has 0 radical (unpaired) electrons. The summed E-state index contributed by atoms with van der Waals surface area (Å²) in [6.07, 6.45) is -4.22. The number of unbranched alkanes of at least 4 members (excludes halogenated alkanes) is 1. The second-order valence-electron chi connectivity index (χ2n) is 3.97. The van der Waals surface area contributed by atoms with E-state index in [0.717, 1.165) is 5.69 Å². The Morgan fingerprint density at radius 3 is 2.56 bits per heavy atom. The second-order valence-corrected chi connectivity index (χ2v) is 3.97. The summed E-state index contributed by atoms with van der Waals surface area (Å²) in [6.45, 7) is 2.30. The Balaban J connectivity index is 2.33. The van der Waals surface area contributed by atoms with Gasteiger partial charge in [0.2, 0.25) is 5.95 Å². The highest BCUT2D eigenvalue weighted by molar-refractivity contribution is 5.41. The number of aromatic nitrogens is 2. The molecule has 0 aromatic carbocycles. The van der Waals surface area contributed by atoms with E-state index >= 15 is 0 Å². The fraction of sp³-hybridized carbons (Fsp3) is 0.636. The Kier molecular flexibility index (Phi) is 5.18. The largest absolute Gasteiger partial charge is 0.389 e. The molecule has 1 rings (SSSR count). The summed E-state index contributed by atoms with van der Waals surface area (Å²) in [6, 6.07) is 1.75. The van der Waals surface area contributed by atoms with Crippen LogP contribution in [0, 0.1) is 6.92 Å². The maximum atomic E-state index is 11.9. The van der Waals surface area contributed by atoms with Crippen molar-refractivity contribution in [3.05, 3.63) is 11.8 Å². The van der Waals surface area contributed by atoms with Crippen LogP contribution < -0.4 is 10.6 Å². The van der Waals surface area contributed by atoms with E-state index in [-0.39, 0.29) is 6.42 Å². The average molecular weight is 262 g/mol. The van der Waals surface area contributed by atoms with Crippen molar-refractivity contribution in [3.8, 4) is 0 Å². The van der Waals surface area contributed by atoms with E-state index in [1.165, 1.54) is 0 Å². The third-order valence-corrected chi connectivity index (χ3v) is 2.27. The van der Waals surface area contributed by atoms with E-state index in [1.807, 2.05) is 6.92 Å². The van der Waals surface area contributed by atoms with Crippen molar-refractivity contribution in [2.24, 2.45) is 0 Å². The lowest BCUT2D eigenvalue weighted by Crippen LogP contribution is -2.10. The Morgan fingerprint density at radius 1 is 1.22 bits per heavy atom. The van der Waals surface area contributed by atoms with Crippen LogP contribution in [0.25, 0.3) is 0 Å². The van der Waals surface area contributed by atoms with E-state index < -0.39 is 12.6 Å². The maximum absolute atomic E-state index is 11.9. The van der Waals surface area contributed by atoms with Crippen molar-refractivity contribution in [1.82, 2.24) is 9.97 Å². The standard InChI is InChI=1S/C11H17F3N4/c1-8-7-9(18-10(15-2)17-8)16-6-4-3-5-11(12,13)14/h7H,3-6H2,1-2H3,(H2,15,16,17,18). The third-order valence-electron chi connectivity index (χ3n) is 2.27. The summed E-state index contributed by atoms with van der Waals surface area (Å²) in [5.74, 6) is 1.12. The molecule has 0 fully saturated rings. The lowest BCUT2D eigenvalue weighted by Gasteiger charge is -2.09. The van der Waals surface area contributed by atoms with Crippen LogP contribution in [-0.4, -0.2) is 29.7 Å². The van der Waals surface area contributed by atoms with Crippen LogP contribution in [0.15, 0.2) is 6.07 Å². The minimum absolute atomic E-state index is 0.124. The van der Waals surface area contributed by atoms with Gasteiger partial charge in [-0.05, 0) is 19.8 Å². The van der Waals surface area contributed by atoms with Crippen LogP contribution >= 0.6 is 0 Å². The van der Waals surface area contributed by atoms with Gasteiger partial charge in [-0.1, -0.05) is 0 Å². The number of halogens is 3. The fourth-order valence-electron chi connectivity index (χ4n) is 1.44. The van der Waals surface area contributed by atoms with E-state index in [9.17, 15) is 13.2 Å². The SMILES string of the molecule is CNc1nc(C)cc(NCCCCC(F)(F)F)n1. The number of nitrogens with zero attached hydrogens (tertiary/aromatic N) is 2. The van der Waals surface area contributed by atoms with Gasteiger partial charge in [0, 0.05) is 31.8 Å². The van der Waals surface area contributed by atoms with Crippen LogP contribution in [0.4, 0.5) is 24.9 Å². The van der Waals surface area contributed by atoms with Crippen molar-refractivity contribution in [1.29, 1.82) is 0 Å². The first-order chi connectivity index (χ1) is 8.40. The number of rotatable bonds is 6. The maximum Gasteiger partial charge on any atom is 0.389 e. The van der Waals surface area contributed by atoms with Gasteiger partial charge in [-0.25, -0.2) is 4.98 Å². The number of anilines is 2. The fourth-order valence-corrected chi connectivity index (χ4v) is 1.44. The number of nitrogens with one attached hydrogen (secondary N) is 2. The molecule has 0 atom stereocenters. The van der Waals surface area contributed by atoms with Crippen molar-refractivity contribution in [2.75, 3.05) is 24.2 Å². The molecule has 0 aliphatic carbocycles. The Bertz CT molecular complexity index is 379. The molecule has 102 valence electrons. The molecule has 0 saturated heterocycles. The molecule has 7 heteroatoms. The van der Waals surface area contributed by atoms with Crippen LogP contribution in [0.3, 0.4) is 0 Å². The van der Waals surface area contributed by atoms with Crippen LogP contribution in [0.2, 0.25) is 0 Å². The minimum Gasteiger partial charge on any atom is -0.370 e. The minimum atomic E-state index is -4.06. The van der Waals surface area contributed by atoms with Gasteiger partial charge in [-0.2, -0.15) is 18.2 Å². The zero-order valence-electron chi connectivity index (χ0n) is 10.4. The first-order valence-electron chi connectivity index (χ1n) is 5.75. The van der Waals surface area contributed by atoms with Gasteiger partial charge in [0.25, 0.3) is 0 Å². The van der Waals surface area contributed by atoms with Crippen molar-refractivity contribution >= 4 is 11.8 Å². The summed E-state index contributed by atoms with van der Waals surface area (Å²) in [7, 11) is 1.71. The number of alkyl halides is 3. The second kappa shape index (κ2) is 6.42. The first kappa shape index (κ1) is 14.5. The summed E-state index contributed by atoms with van der Waals surface area (Å²) in [5.41, 5.74) is 0.798. The highest BCUT2D eigenvalue weighted by atomic mass is 19.4. The van der Waals surface area contributed by atoms with E-state index in [4.69, 9.17) is 0 Å². The Hall–Kier alpha value is -1.53. The quantitative estimate of drug-likeness (QED) is 0.774. The monoisotopic (exact) mass is 262 g/mol. The Morgan fingerprint density at radius 2 is 1.94 bits per heavy atom. The van der Waals surface area contributed by atoms with Crippen LogP contribution in [0.5, 0.6) is 0 Å². The van der Waals surface area contributed by atoms with Gasteiger partial charge < -0.3 is 10.6 Å². The lowest BCUT2D eigenvalue weighted by atomic mass is 10.2. The van der Waals surface area contributed by atoms with Gasteiger partial charge in [0.05, 0.1) is 0 Å². The van der Waals surface area contributed by atoms with Crippen molar-refractivity contribution in [2.45, 2.75) is 32.4 Å². The molecule has 0 saturated carbocycles. The normalized spacial score (nSPS) is 11.4. The molecule has 0 amide bonds. The summed E-state index contributed by atoms with van der Waals surface area (Å²) in [4.78, 5) is 8.26. The smallest absolute Gasteiger partial charge is 0.370 e. The highest BCUT2D eigenvalue weighted by Gasteiger charge is 2.25. The molecule has 0 aliphatic heterocycles. The predicted octanol–water partition coefficient (Wildman–Crippen LogP) is 2.97. The predicted molar refractivity (Wildman–Crippen MR) is 64.7 cm³/mol. The van der Waals surface area contributed by atoms with Gasteiger partial charge in [0.15, 0.2) is 0 Å².